The van der Waals surface area contributed by atoms with Gasteiger partial charge in [0.15, 0.2) is 0 Å². The van der Waals surface area contributed by atoms with Gasteiger partial charge in [0.2, 0.25) is 0 Å². The van der Waals surface area contributed by atoms with Crippen molar-refractivity contribution in [3.05, 3.63) is 106 Å². The van der Waals surface area contributed by atoms with E-state index in [9.17, 15) is 13.2 Å². The molecule has 4 rings (SSSR count). The highest BCUT2D eigenvalue weighted by atomic mass is 79.9. The molecule has 8 nitrogen and oxygen atoms in total. The normalized spacial score (nSPS) is 11.5. The Hall–Kier alpha value is -3.89. The van der Waals surface area contributed by atoms with Crippen LogP contribution < -0.4 is 14.5 Å². The summed E-state index contributed by atoms with van der Waals surface area (Å²) >= 11 is 3.34. The fourth-order valence-electron chi connectivity index (χ4n) is 4.19. The number of para-hydroxylation sites is 1. The summed E-state index contributed by atoms with van der Waals surface area (Å²) in [4.78, 5) is 13.0. The van der Waals surface area contributed by atoms with Crippen molar-refractivity contribution in [3.63, 3.8) is 0 Å². The van der Waals surface area contributed by atoms with Crippen LogP contribution in [-0.2, 0) is 14.8 Å². The van der Waals surface area contributed by atoms with Gasteiger partial charge in [0.1, 0.15) is 12.3 Å². The van der Waals surface area contributed by atoms with Crippen molar-refractivity contribution in [3.8, 4) is 11.4 Å². The van der Waals surface area contributed by atoms with Gasteiger partial charge < -0.3 is 9.30 Å². The lowest BCUT2D eigenvalue weighted by Gasteiger charge is -2.24. The van der Waals surface area contributed by atoms with Crippen LogP contribution in [0.1, 0.15) is 22.5 Å². The maximum absolute atomic E-state index is 13.7. The molecule has 1 amide bonds. The molecule has 0 radical (unpaired) electrons. The fraction of sp³-hybridized carbons (Fsp3) is 0.172. The van der Waals surface area contributed by atoms with Crippen LogP contribution in [0.15, 0.2) is 93.3 Å². The van der Waals surface area contributed by atoms with Crippen molar-refractivity contribution in [2.45, 2.75) is 25.7 Å². The molecule has 4 aromatic rings. The first-order chi connectivity index (χ1) is 18.6. The maximum Gasteiger partial charge on any atom is 0.264 e. The molecular formula is C29H29BrN4O4S. The van der Waals surface area contributed by atoms with E-state index in [1.165, 1.54) is 19.2 Å². The second-order valence-electron chi connectivity index (χ2n) is 8.93. The highest BCUT2D eigenvalue weighted by Gasteiger charge is 2.28. The Morgan fingerprint density at radius 3 is 2.36 bits per heavy atom. The van der Waals surface area contributed by atoms with Crippen LogP contribution in [0, 0.1) is 20.8 Å². The third-order valence-electron chi connectivity index (χ3n) is 6.20. The largest absolute Gasteiger partial charge is 0.496 e. The SMILES string of the molecule is COc1ccc(S(=O)(=O)N(CC(=O)N/N=C\c2cc(C)n(-c3ccccc3)c2C)c2ccc(C)cc2)cc1Br. The number of halogens is 1. The van der Waals surface area contributed by atoms with E-state index in [-0.39, 0.29) is 4.90 Å². The molecule has 0 spiro atoms. The molecule has 10 heteroatoms. The highest BCUT2D eigenvalue weighted by molar-refractivity contribution is 9.10. The van der Waals surface area contributed by atoms with Gasteiger partial charge >= 0.3 is 0 Å². The van der Waals surface area contributed by atoms with Gasteiger partial charge in [0.05, 0.1) is 28.4 Å². The number of hydrogen-bond donors (Lipinski definition) is 1. The second kappa shape index (κ2) is 11.9. The van der Waals surface area contributed by atoms with E-state index in [2.05, 4.69) is 31.0 Å². The minimum atomic E-state index is -4.09. The average Bonchev–Trinajstić information content (AvgIpc) is 3.20. The molecule has 1 heterocycles. The zero-order valence-corrected chi connectivity index (χ0v) is 24.5. The van der Waals surface area contributed by atoms with E-state index in [1.807, 2.05) is 57.2 Å². The molecule has 39 heavy (non-hydrogen) atoms. The molecule has 3 aromatic carbocycles. The zero-order chi connectivity index (χ0) is 28.2. The lowest BCUT2D eigenvalue weighted by atomic mass is 10.2. The number of anilines is 1. The first-order valence-electron chi connectivity index (χ1n) is 12.1. The summed E-state index contributed by atoms with van der Waals surface area (Å²) in [5, 5.41) is 4.12. The number of carbonyl (C=O) groups excluding carboxylic acids is 1. The van der Waals surface area contributed by atoms with Gasteiger partial charge in [0.25, 0.3) is 15.9 Å². The van der Waals surface area contributed by atoms with Crippen molar-refractivity contribution in [2.75, 3.05) is 18.0 Å². The first kappa shape index (κ1) is 28.1. The number of carbonyl (C=O) groups is 1. The van der Waals surface area contributed by atoms with Crippen molar-refractivity contribution in [1.29, 1.82) is 0 Å². The number of methoxy groups -OCH3 is 1. The lowest BCUT2D eigenvalue weighted by Crippen LogP contribution is -2.39. The summed E-state index contributed by atoms with van der Waals surface area (Å²) in [7, 11) is -2.60. The highest BCUT2D eigenvalue weighted by Crippen LogP contribution is 2.30. The van der Waals surface area contributed by atoms with Gasteiger partial charge in [-0.25, -0.2) is 13.8 Å². The molecule has 0 aliphatic heterocycles. The summed E-state index contributed by atoms with van der Waals surface area (Å²) in [5.74, 6) is -0.0885. The van der Waals surface area contributed by atoms with Crippen LogP contribution >= 0.6 is 15.9 Å². The van der Waals surface area contributed by atoms with E-state index < -0.39 is 22.5 Å². The molecule has 202 valence electrons. The van der Waals surface area contributed by atoms with Crippen LogP contribution in [0.2, 0.25) is 0 Å². The summed E-state index contributed by atoms with van der Waals surface area (Å²) in [5.41, 5.74) is 7.65. The number of aromatic nitrogens is 1. The van der Waals surface area contributed by atoms with E-state index in [4.69, 9.17) is 4.74 Å². The number of aryl methyl sites for hydroxylation is 2. The first-order valence-corrected chi connectivity index (χ1v) is 14.3. The molecule has 0 aliphatic carbocycles. The third-order valence-corrected chi connectivity index (χ3v) is 8.59. The number of benzene rings is 3. The number of amides is 1. The smallest absolute Gasteiger partial charge is 0.264 e. The summed E-state index contributed by atoms with van der Waals surface area (Å²) in [6.45, 7) is 5.41. The van der Waals surface area contributed by atoms with Crippen molar-refractivity contribution >= 4 is 43.8 Å². The van der Waals surface area contributed by atoms with Gasteiger partial charge in [-0.1, -0.05) is 35.9 Å². The lowest BCUT2D eigenvalue weighted by molar-refractivity contribution is -0.119. The molecule has 0 unspecified atom stereocenters. The molecule has 0 aliphatic rings. The van der Waals surface area contributed by atoms with E-state index >= 15 is 0 Å². The van der Waals surface area contributed by atoms with E-state index in [1.54, 1.807) is 36.5 Å². The second-order valence-corrected chi connectivity index (χ2v) is 11.7. The Morgan fingerprint density at radius 1 is 1.03 bits per heavy atom. The topological polar surface area (TPSA) is 93.0 Å². The van der Waals surface area contributed by atoms with Crippen LogP contribution in [0.3, 0.4) is 0 Å². The minimum absolute atomic E-state index is 0.0143. The van der Waals surface area contributed by atoms with Crippen molar-refractivity contribution in [2.24, 2.45) is 5.10 Å². The molecule has 0 saturated heterocycles. The predicted molar refractivity (Wildman–Crippen MR) is 157 cm³/mol. The average molecular weight is 610 g/mol. The van der Waals surface area contributed by atoms with E-state index in [0.717, 1.165) is 32.5 Å². The quantitative estimate of drug-likeness (QED) is 0.200. The zero-order valence-electron chi connectivity index (χ0n) is 22.1. The van der Waals surface area contributed by atoms with Gasteiger partial charge in [-0.15, -0.1) is 0 Å². The number of ether oxygens (including phenoxy) is 1. The van der Waals surface area contributed by atoms with Gasteiger partial charge in [-0.05, 0) is 85.2 Å². The van der Waals surface area contributed by atoms with Gasteiger partial charge in [-0.3, -0.25) is 9.10 Å². The third kappa shape index (κ3) is 6.23. The molecule has 0 saturated carbocycles. The number of nitrogens with zero attached hydrogens (tertiary/aromatic N) is 3. The minimum Gasteiger partial charge on any atom is -0.496 e. The number of nitrogens with one attached hydrogen (secondary N) is 1. The number of hydrogen-bond acceptors (Lipinski definition) is 5. The van der Waals surface area contributed by atoms with Crippen molar-refractivity contribution in [1.82, 2.24) is 9.99 Å². The fourth-order valence-corrected chi connectivity index (χ4v) is 6.33. The monoisotopic (exact) mass is 608 g/mol. The number of sulfonamides is 1. The molecule has 1 N–H and O–H groups in total. The maximum atomic E-state index is 13.7. The molecule has 0 atom stereocenters. The van der Waals surface area contributed by atoms with E-state index in [0.29, 0.717) is 15.9 Å². The molecule has 0 bridgehead atoms. The summed E-state index contributed by atoms with van der Waals surface area (Å²) < 4.78 is 36.2. The molecular weight excluding hydrogens is 580 g/mol. The van der Waals surface area contributed by atoms with Crippen LogP contribution in [-0.4, -0.2) is 38.8 Å². The Morgan fingerprint density at radius 2 is 1.72 bits per heavy atom. The summed E-state index contributed by atoms with van der Waals surface area (Å²) in [6.07, 6.45) is 1.56. The van der Waals surface area contributed by atoms with Gasteiger partial charge in [0, 0.05) is 22.6 Å². The predicted octanol–water partition coefficient (Wildman–Crippen LogP) is 5.52. The number of hydrazone groups is 1. The van der Waals surface area contributed by atoms with Gasteiger partial charge in [-0.2, -0.15) is 5.10 Å². The summed E-state index contributed by atoms with van der Waals surface area (Å²) in [6, 6.07) is 23.3. The Balaban J connectivity index is 1.57. The van der Waals surface area contributed by atoms with Crippen LogP contribution in [0.5, 0.6) is 5.75 Å². The number of rotatable bonds is 9. The Labute approximate surface area is 237 Å². The van der Waals surface area contributed by atoms with Crippen LogP contribution in [0.25, 0.3) is 5.69 Å². The van der Waals surface area contributed by atoms with Crippen molar-refractivity contribution < 1.29 is 17.9 Å². The Bertz CT molecular complexity index is 1620. The van der Waals surface area contributed by atoms with Crippen LogP contribution in [0.4, 0.5) is 5.69 Å². The molecule has 1 aromatic heterocycles. The molecule has 0 fully saturated rings. The Kier molecular flexibility index (Phi) is 8.57. The standard InChI is InChI=1S/C29H29BrN4O4S/c1-20-10-12-24(13-11-20)33(39(36,37)26-14-15-28(38-4)27(30)17-26)19-29(35)32-31-18-23-16-21(2)34(22(23)3)25-8-6-5-7-9-25/h5-18H,19H2,1-4H3,(H,32,35)/b31-18-.